The Hall–Kier alpha value is -2.20. The van der Waals surface area contributed by atoms with Gasteiger partial charge in [-0.05, 0) is 73.7 Å². The second kappa shape index (κ2) is 6.84. The summed E-state index contributed by atoms with van der Waals surface area (Å²) in [5.41, 5.74) is 1.87. The molecule has 2 aromatic rings. The molecule has 5 heteroatoms. The maximum Gasteiger partial charge on any atom is 0.268 e. The normalized spacial score (nSPS) is 19.4. The molecule has 1 aliphatic carbocycles. The number of fused-ring (bicyclic) bond motifs is 1. The third-order valence-electron chi connectivity index (χ3n) is 5.27. The van der Waals surface area contributed by atoms with Gasteiger partial charge in [0.25, 0.3) is 5.91 Å². The molecule has 4 rings (SSSR count). The van der Waals surface area contributed by atoms with Gasteiger partial charge in [0.2, 0.25) is 0 Å². The van der Waals surface area contributed by atoms with Crippen LogP contribution >= 0.6 is 11.6 Å². The Labute approximate surface area is 158 Å². The fourth-order valence-corrected chi connectivity index (χ4v) is 3.80. The molecule has 2 atom stereocenters. The van der Waals surface area contributed by atoms with Crippen LogP contribution in [0.1, 0.15) is 25.3 Å². The monoisotopic (exact) mass is 371 g/mol. The third kappa shape index (κ3) is 3.26. The van der Waals surface area contributed by atoms with E-state index in [4.69, 9.17) is 21.1 Å². The molecule has 0 radical (unpaired) electrons. The maximum absolute atomic E-state index is 13.4. The van der Waals surface area contributed by atoms with Crippen molar-refractivity contribution >= 4 is 23.2 Å². The Morgan fingerprint density at radius 3 is 2.62 bits per heavy atom. The lowest BCUT2D eigenvalue weighted by Gasteiger charge is -2.31. The largest absolute Gasteiger partial charge is 0.497 e. The van der Waals surface area contributed by atoms with Crippen molar-refractivity contribution in [2.45, 2.75) is 38.3 Å². The van der Waals surface area contributed by atoms with Crippen molar-refractivity contribution in [3.05, 3.63) is 53.1 Å². The maximum atomic E-state index is 13.4. The number of halogens is 1. The Balaban J connectivity index is 1.60. The second-order valence-electron chi connectivity index (χ2n) is 7.05. The summed E-state index contributed by atoms with van der Waals surface area (Å²) in [7, 11) is 1.64. The second-order valence-corrected chi connectivity index (χ2v) is 7.48. The lowest BCUT2D eigenvalue weighted by atomic mass is 10.1. The van der Waals surface area contributed by atoms with Gasteiger partial charge in [-0.15, -0.1) is 0 Å². The topological polar surface area (TPSA) is 38.8 Å². The molecule has 26 heavy (non-hydrogen) atoms. The Kier molecular flexibility index (Phi) is 4.53. The van der Waals surface area contributed by atoms with Crippen LogP contribution in [0, 0.1) is 5.92 Å². The number of hydrogen-bond donors (Lipinski definition) is 0. The van der Waals surface area contributed by atoms with Crippen molar-refractivity contribution in [3.63, 3.8) is 0 Å². The van der Waals surface area contributed by atoms with Crippen LogP contribution in [0.15, 0.2) is 42.5 Å². The number of nitrogens with zero attached hydrogens (tertiary/aromatic N) is 1. The van der Waals surface area contributed by atoms with Gasteiger partial charge >= 0.3 is 0 Å². The van der Waals surface area contributed by atoms with Crippen LogP contribution in [0.2, 0.25) is 5.02 Å². The fraction of sp³-hybridized carbons (Fsp3) is 0.381. The summed E-state index contributed by atoms with van der Waals surface area (Å²) in [6.07, 6.45) is 2.38. The number of hydrogen-bond acceptors (Lipinski definition) is 3. The molecular formula is C21H22ClNO3. The molecule has 0 saturated heterocycles. The predicted octanol–water partition coefficient (Wildman–Crippen LogP) is 4.48. The average Bonchev–Trinajstić information content (AvgIpc) is 3.42. The summed E-state index contributed by atoms with van der Waals surface area (Å²) in [5, 5.41) is 0.666. The van der Waals surface area contributed by atoms with Gasteiger partial charge in [-0.3, -0.25) is 4.79 Å². The summed E-state index contributed by atoms with van der Waals surface area (Å²) in [6, 6.07) is 13.3. The molecule has 0 spiro atoms. The van der Waals surface area contributed by atoms with E-state index in [9.17, 15) is 4.79 Å². The minimum Gasteiger partial charge on any atom is -0.497 e. The van der Waals surface area contributed by atoms with Gasteiger partial charge in [0, 0.05) is 23.2 Å². The van der Waals surface area contributed by atoms with Crippen molar-refractivity contribution in [2.24, 2.45) is 5.92 Å². The first-order valence-electron chi connectivity index (χ1n) is 8.99. The number of carbonyl (C=O) groups is 1. The van der Waals surface area contributed by atoms with Crippen molar-refractivity contribution in [3.8, 4) is 11.5 Å². The number of rotatable bonds is 5. The molecule has 1 aliphatic heterocycles. The summed E-state index contributed by atoms with van der Waals surface area (Å²) < 4.78 is 11.2. The standard InChI is InChI=1S/C21H22ClNO3/c1-13(14-3-4-14)23(17-6-8-18(25-2)9-7-17)21(24)20-12-15-11-16(22)5-10-19(15)26-20/h5-11,13-14,20H,3-4,12H2,1-2H3. The van der Waals surface area contributed by atoms with Gasteiger partial charge in [0.15, 0.2) is 6.10 Å². The molecular weight excluding hydrogens is 350 g/mol. The number of carbonyl (C=O) groups excluding carboxylic acids is 1. The Morgan fingerprint density at radius 1 is 1.23 bits per heavy atom. The van der Waals surface area contributed by atoms with Crippen molar-refractivity contribution in [1.82, 2.24) is 0 Å². The average molecular weight is 372 g/mol. The smallest absolute Gasteiger partial charge is 0.268 e. The first kappa shape index (κ1) is 17.2. The zero-order chi connectivity index (χ0) is 18.3. The van der Waals surface area contributed by atoms with Crippen LogP contribution in [0.5, 0.6) is 11.5 Å². The van der Waals surface area contributed by atoms with E-state index in [1.807, 2.05) is 41.3 Å². The molecule has 2 aromatic carbocycles. The van der Waals surface area contributed by atoms with Crippen molar-refractivity contribution in [2.75, 3.05) is 12.0 Å². The van der Waals surface area contributed by atoms with E-state index in [1.165, 1.54) is 12.8 Å². The van der Waals surface area contributed by atoms with Crippen LogP contribution < -0.4 is 14.4 Å². The van der Waals surface area contributed by atoms with Crippen LogP contribution in [0.25, 0.3) is 0 Å². The highest BCUT2D eigenvalue weighted by atomic mass is 35.5. The quantitative estimate of drug-likeness (QED) is 0.777. The number of benzene rings is 2. The minimum atomic E-state index is -0.508. The number of amides is 1. The zero-order valence-corrected chi connectivity index (χ0v) is 15.7. The van der Waals surface area contributed by atoms with Gasteiger partial charge in [-0.2, -0.15) is 0 Å². The lowest BCUT2D eigenvalue weighted by Crippen LogP contribution is -2.47. The zero-order valence-electron chi connectivity index (χ0n) is 14.9. The molecule has 136 valence electrons. The highest BCUT2D eigenvalue weighted by molar-refractivity contribution is 6.30. The highest BCUT2D eigenvalue weighted by Crippen LogP contribution is 2.39. The summed E-state index contributed by atoms with van der Waals surface area (Å²) in [6.45, 7) is 2.12. The molecule has 1 heterocycles. The highest BCUT2D eigenvalue weighted by Gasteiger charge is 2.40. The lowest BCUT2D eigenvalue weighted by molar-refractivity contribution is -0.125. The summed E-state index contributed by atoms with van der Waals surface area (Å²) >= 11 is 6.08. The Bertz CT molecular complexity index is 817. The van der Waals surface area contributed by atoms with Crippen molar-refractivity contribution in [1.29, 1.82) is 0 Å². The molecule has 1 saturated carbocycles. The molecule has 0 bridgehead atoms. The molecule has 4 nitrogen and oxygen atoms in total. The minimum absolute atomic E-state index is 0.00175. The molecule has 2 unspecified atom stereocenters. The molecule has 2 aliphatic rings. The van der Waals surface area contributed by atoms with E-state index < -0.39 is 6.10 Å². The van der Waals surface area contributed by atoms with Gasteiger partial charge < -0.3 is 14.4 Å². The summed E-state index contributed by atoms with van der Waals surface area (Å²) in [5.74, 6) is 2.09. The molecule has 0 N–H and O–H groups in total. The molecule has 0 aromatic heterocycles. The third-order valence-corrected chi connectivity index (χ3v) is 5.51. The van der Waals surface area contributed by atoms with Crippen LogP contribution in [0.4, 0.5) is 5.69 Å². The summed E-state index contributed by atoms with van der Waals surface area (Å²) in [4.78, 5) is 15.3. The van der Waals surface area contributed by atoms with Crippen LogP contribution in [0.3, 0.4) is 0 Å². The van der Waals surface area contributed by atoms with Gasteiger partial charge in [-0.25, -0.2) is 0 Å². The van der Waals surface area contributed by atoms with E-state index in [0.29, 0.717) is 17.4 Å². The van der Waals surface area contributed by atoms with E-state index in [-0.39, 0.29) is 11.9 Å². The predicted molar refractivity (Wildman–Crippen MR) is 102 cm³/mol. The Morgan fingerprint density at radius 2 is 1.96 bits per heavy atom. The van der Waals surface area contributed by atoms with Crippen LogP contribution in [-0.2, 0) is 11.2 Å². The van der Waals surface area contributed by atoms with Gasteiger partial charge in [0.05, 0.1) is 7.11 Å². The number of anilines is 1. The van der Waals surface area contributed by atoms with E-state index in [2.05, 4.69) is 6.92 Å². The van der Waals surface area contributed by atoms with E-state index in [0.717, 1.165) is 22.7 Å². The molecule has 1 fully saturated rings. The molecule has 1 amide bonds. The first-order valence-corrected chi connectivity index (χ1v) is 9.37. The first-order chi connectivity index (χ1) is 12.6. The van der Waals surface area contributed by atoms with Crippen molar-refractivity contribution < 1.29 is 14.3 Å². The van der Waals surface area contributed by atoms with E-state index >= 15 is 0 Å². The van der Waals surface area contributed by atoms with Gasteiger partial charge in [0.1, 0.15) is 11.5 Å². The number of ether oxygens (including phenoxy) is 2. The van der Waals surface area contributed by atoms with Gasteiger partial charge in [-0.1, -0.05) is 11.6 Å². The fourth-order valence-electron chi connectivity index (χ4n) is 3.61. The number of methoxy groups -OCH3 is 1. The van der Waals surface area contributed by atoms with E-state index in [1.54, 1.807) is 13.2 Å². The van der Waals surface area contributed by atoms with Crippen LogP contribution in [-0.4, -0.2) is 25.2 Å². The SMILES string of the molecule is COc1ccc(N(C(=O)C2Cc3cc(Cl)ccc3O2)C(C)C2CC2)cc1.